The van der Waals surface area contributed by atoms with Gasteiger partial charge in [-0.15, -0.1) is 0 Å². The number of nitrogens with two attached hydrogens (primary N) is 1. The maximum absolute atomic E-state index is 11.8. The van der Waals surface area contributed by atoms with Gasteiger partial charge in [0.15, 0.2) is 0 Å². The number of esters is 1. The van der Waals surface area contributed by atoms with Crippen LogP contribution in [-0.2, 0) is 24.7 Å². The average molecular weight is 289 g/mol. The van der Waals surface area contributed by atoms with Gasteiger partial charge in [-0.05, 0) is 24.8 Å². The fourth-order valence-electron chi connectivity index (χ4n) is 2.73. The van der Waals surface area contributed by atoms with Crippen molar-refractivity contribution in [1.29, 1.82) is 0 Å². The van der Waals surface area contributed by atoms with Gasteiger partial charge in [-0.25, -0.2) is 0 Å². The molecule has 21 heavy (non-hydrogen) atoms. The summed E-state index contributed by atoms with van der Waals surface area (Å²) in [6.45, 7) is 0. The molecule has 0 aliphatic carbocycles. The van der Waals surface area contributed by atoms with Crippen molar-refractivity contribution in [3.8, 4) is 0 Å². The molecule has 5 nitrogen and oxygen atoms in total. The Balaban J connectivity index is 2.16. The van der Waals surface area contributed by atoms with Crippen LogP contribution < -0.4 is 5.73 Å². The molecule has 1 unspecified atom stereocenters. The summed E-state index contributed by atoms with van der Waals surface area (Å²) in [6.07, 6.45) is 2.14. The van der Waals surface area contributed by atoms with Crippen LogP contribution in [-0.4, -0.2) is 17.7 Å². The van der Waals surface area contributed by atoms with E-state index in [1.807, 2.05) is 30.3 Å². The lowest BCUT2D eigenvalue weighted by molar-refractivity contribution is -0.173. The molecule has 1 atom stereocenters. The highest BCUT2D eigenvalue weighted by Crippen LogP contribution is 2.38. The van der Waals surface area contributed by atoms with Crippen LogP contribution in [0.25, 0.3) is 0 Å². The number of carbonyl (C=O) groups excluding carboxylic acids is 3. The SMILES string of the molecule is NC(=O)CCCCC1(c2ccccc2)CC(=O)CC(=O)O1. The lowest BCUT2D eigenvalue weighted by Crippen LogP contribution is -2.40. The van der Waals surface area contributed by atoms with Crippen molar-refractivity contribution in [2.45, 2.75) is 44.1 Å². The summed E-state index contributed by atoms with van der Waals surface area (Å²) in [7, 11) is 0. The molecule has 1 aliphatic rings. The molecule has 0 bridgehead atoms. The smallest absolute Gasteiger partial charge is 0.314 e. The zero-order valence-corrected chi connectivity index (χ0v) is 11.8. The molecule has 1 aromatic carbocycles. The Kier molecular flexibility index (Phi) is 4.73. The third-order valence-electron chi connectivity index (χ3n) is 3.69. The first-order chi connectivity index (χ1) is 10.0. The van der Waals surface area contributed by atoms with Crippen molar-refractivity contribution >= 4 is 17.7 Å². The predicted molar refractivity (Wildman–Crippen MR) is 76.1 cm³/mol. The Morgan fingerprint density at radius 3 is 2.52 bits per heavy atom. The summed E-state index contributed by atoms with van der Waals surface area (Å²) < 4.78 is 5.56. The highest BCUT2D eigenvalue weighted by atomic mass is 16.6. The molecule has 1 aliphatic heterocycles. The second-order valence-electron chi connectivity index (χ2n) is 5.40. The average Bonchev–Trinajstić information content (AvgIpc) is 2.43. The number of ketones is 1. The second-order valence-corrected chi connectivity index (χ2v) is 5.40. The zero-order chi connectivity index (χ0) is 15.3. The monoisotopic (exact) mass is 289 g/mol. The van der Waals surface area contributed by atoms with Gasteiger partial charge in [-0.2, -0.15) is 0 Å². The van der Waals surface area contributed by atoms with Crippen LogP contribution in [0, 0.1) is 0 Å². The Morgan fingerprint density at radius 2 is 1.90 bits per heavy atom. The molecule has 1 heterocycles. The molecule has 112 valence electrons. The van der Waals surface area contributed by atoms with E-state index in [2.05, 4.69) is 0 Å². The van der Waals surface area contributed by atoms with Crippen molar-refractivity contribution < 1.29 is 19.1 Å². The molecular formula is C16H19NO4. The molecule has 1 amide bonds. The molecule has 1 fully saturated rings. The van der Waals surface area contributed by atoms with Gasteiger partial charge >= 0.3 is 5.97 Å². The van der Waals surface area contributed by atoms with Crippen molar-refractivity contribution in [3.63, 3.8) is 0 Å². The van der Waals surface area contributed by atoms with E-state index >= 15 is 0 Å². The molecule has 1 aromatic rings. The highest BCUT2D eigenvalue weighted by Gasteiger charge is 2.42. The molecule has 2 N–H and O–H groups in total. The van der Waals surface area contributed by atoms with Crippen molar-refractivity contribution in [1.82, 2.24) is 0 Å². The minimum atomic E-state index is -0.897. The summed E-state index contributed by atoms with van der Waals surface area (Å²) in [5.41, 5.74) is 5.05. The predicted octanol–water partition coefficient (Wildman–Crippen LogP) is 1.83. The number of hydrogen-bond acceptors (Lipinski definition) is 4. The largest absolute Gasteiger partial charge is 0.453 e. The molecule has 0 radical (unpaired) electrons. The topological polar surface area (TPSA) is 86.5 Å². The summed E-state index contributed by atoms with van der Waals surface area (Å²) in [6, 6.07) is 9.30. The number of cyclic esters (lactones) is 1. The minimum Gasteiger partial charge on any atom is -0.453 e. The van der Waals surface area contributed by atoms with Crippen LogP contribution in [0.5, 0.6) is 0 Å². The number of hydrogen-bond donors (Lipinski definition) is 1. The second kappa shape index (κ2) is 6.52. The Hall–Kier alpha value is -2.17. The van der Waals surface area contributed by atoms with E-state index in [-0.39, 0.29) is 24.5 Å². The Labute approximate surface area is 123 Å². The van der Waals surface area contributed by atoms with Crippen molar-refractivity contribution in [2.75, 3.05) is 0 Å². The molecule has 0 aromatic heterocycles. The maximum Gasteiger partial charge on any atom is 0.314 e. The van der Waals surface area contributed by atoms with Gasteiger partial charge in [-0.3, -0.25) is 14.4 Å². The van der Waals surface area contributed by atoms with Gasteiger partial charge in [0.05, 0.1) is 6.42 Å². The van der Waals surface area contributed by atoms with Crippen molar-refractivity contribution in [2.24, 2.45) is 5.73 Å². The standard InChI is InChI=1S/C16H19NO4/c17-14(19)8-4-5-9-16(12-6-2-1-3-7-12)11-13(18)10-15(20)21-16/h1-3,6-7H,4-5,8-11H2,(H2,17,19). The fraction of sp³-hybridized carbons (Fsp3) is 0.438. The lowest BCUT2D eigenvalue weighted by Gasteiger charge is -2.36. The van der Waals surface area contributed by atoms with Gasteiger partial charge < -0.3 is 10.5 Å². The summed E-state index contributed by atoms with van der Waals surface area (Å²) in [4.78, 5) is 34.3. The summed E-state index contributed by atoms with van der Waals surface area (Å²) >= 11 is 0. The maximum atomic E-state index is 11.8. The van der Waals surface area contributed by atoms with Gasteiger partial charge in [0.25, 0.3) is 0 Å². The van der Waals surface area contributed by atoms with E-state index in [1.54, 1.807) is 0 Å². The third kappa shape index (κ3) is 3.90. The van der Waals surface area contributed by atoms with E-state index < -0.39 is 11.6 Å². The highest BCUT2D eigenvalue weighted by molar-refractivity contribution is 5.98. The number of benzene rings is 1. The zero-order valence-electron chi connectivity index (χ0n) is 11.8. The summed E-state index contributed by atoms with van der Waals surface area (Å²) in [5, 5.41) is 0. The van der Waals surface area contributed by atoms with Crippen LogP contribution in [0.1, 0.15) is 44.1 Å². The molecular weight excluding hydrogens is 270 g/mol. The Bertz CT molecular complexity index is 522. The minimum absolute atomic E-state index is 0.106. The van der Waals surface area contributed by atoms with Crippen LogP contribution >= 0.6 is 0 Å². The van der Waals surface area contributed by atoms with E-state index in [4.69, 9.17) is 10.5 Å². The normalized spacial score (nSPS) is 21.9. The first-order valence-electron chi connectivity index (χ1n) is 7.09. The first kappa shape index (κ1) is 15.2. The van der Waals surface area contributed by atoms with E-state index in [0.717, 1.165) is 5.56 Å². The Morgan fingerprint density at radius 1 is 1.19 bits per heavy atom. The van der Waals surface area contributed by atoms with Crippen LogP contribution in [0.3, 0.4) is 0 Å². The molecule has 2 rings (SSSR count). The number of Topliss-reactive ketones (excluding diaryl/α,β-unsaturated/α-hetero) is 1. The number of primary amides is 1. The fourth-order valence-corrected chi connectivity index (χ4v) is 2.73. The summed E-state index contributed by atoms with van der Waals surface area (Å²) in [5.74, 6) is -0.935. The lowest BCUT2D eigenvalue weighted by atomic mass is 9.81. The molecule has 0 saturated carbocycles. The van der Waals surface area contributed by atoms with Crippen LogP contribution in [0.2, 0.25) is 0 Å². The van der Waals surface area contributed by atoms with E-state index in [0.29, 0.717) is 25.7 Å². The van der Waals surface area contributed by atoms with Crippen molar-refractivity contribution in [3.05, 3.63) is 35.9 Å². The molecule has 5 heteroatoms. The number of unbranched alkanes of at least 4 members (excludes halogenated alkanes) is 1. The van der Waals surface area contributed by atoms with E-state index in [9.17, 15) is 14.4 Å². The molecule has 0 spiro atoms. The molecule has 1 saturated heterocycles. The number of rotatable bonds is 6. The van der Waals surface area contributed by atoms with Gasteiger partial charge in [0, 0.05) is 6.42 Å². The number of amides is 1. The quantitative estimate of drug-likeness (QED) is 0.492. The van der Waals surface area contributed by atoms with E-state index in [1.165, 1.54) is 0 Å². The van der Waals surface area contributed by atoms with Crippen LogP contribution in [0.15, 0.2) is 30.3 Å². The number of ether oxygens (including phenoxy) is 1. The first-order valence-corrected chi connectivity index (χ1v) is 7.09. The van der Waals surface area contributed by atoms with Crippen LogP contribution in [0.4, 0.5) is 0 Å². The third-order valence-corrected chi connectivity index (χ3v) is 3.69. The number of carbonyl (C=O) groups is 3. The van der Waals surface area contributed by atoms with Gasteiger partial charge in [0.2, 0.25) is 5.91 Å². The van der Waals surface area contributed by atoms with Gasteiger partial charge in [-0.1, -0.05) is 30.3 Å². The van der Waals surface area contributed by atoms with Gasteiger partial charge in [0.1, 0.15) is 17.8 Å².